The summed E-state index contributed by atoms with van der Waals surface area (Å²) in [6.45, 7) is 0. The molecule has 0 radical (unpaired) electrons. The first kappa shape index (κ1) is 33.6. The molecule has 0 aliphatic heterocycles. The Hall–Kier alpha value is -7.68. The highest BCUT2D eigenvalue weighted by Gasteiger charge is 2.23. The third-order valence-electron chi connectivity index (χ3n) is 11.5. The number of benzene rings is 10. The van der Waals surface area contributed by atoms with Crippen molar-refractivity contribution in [1.82, 2.24) is 0 Å². The van der Waals surface area contributed by atoms with Crippen molar-refractivity contribution in [2.24, 2.45) is 0 Å². The van der Waals surface area contributed by atoms with Crippen molar-refractivity contribution >= 4 is 60.5 Å². The number of hydrogen-bond donors (Lipinski definition) is 0. The number of rotatable bonds is 7. The van der Waals surface area contributed by atoms with E-state index in [1.165, 1.54) is 38.2 Å². The lowest BCUT2D eigenvalue weighted by atomic mass is 9.95. The van der Waals surface area contributed by atoms with Crippen LogP contribution in [0.5, 0.6) is 0 Å². The van der Waals surface area contributed by atoms with Crippen LogP contribution in [0.3, 0.4) is 0 Å². The molecule has 11 rings (SSSR count). The Morgan fingerprint density at radius 3 is 1.66 bits per heavy atom. The van der Waals surface area contributed by atoms with Crippen molar-refractivity contribution in [2.75, 3.05) is 4.90 Å². The third-order valence-corrected chi connectivity index (χ3v) is 11.5. The van der Waals surface area contributed by atoms with E-state index in [1.807, 2.05) is 0 Å². The van der Waals surface area contributed by atoms with Gasteiger partial charge in [-0.05, 0) is 85.8 Å². The Morgan fingerprint density at radius 2 is 0.828 bits per heavy atom. The van der Waals surface area contributed by atoms with Gasteiger partial charge in [-0.25, -0.2) is 0 Å². The van der Waals surface area contributed by atoms with Gasteiger partial charge in [0, 0.05) is 33.2 Å². The van der Waals surface area contributed by atoms with E-state index in [2.05, 4.69) is 229 Å². The summed E-state index contributed by atoms with van der Waals surface area (Å²) < 4.78 is 6.83. The molecule has 11 aromatic rings. The van der Waals surface area contributed by atoms with Gasteiger partial charge in [-0.15, -0.1) is 0 Å². The van der Waals surface area contributed by atoms with Crippen LogP contribution in [0.15, 0.2) is 229 Å². The van der Waals surface area contributed by atoms with Crippen molar-refractivity contribution in [3.8, 4) is 44.5 Å². The molecule has 1 aromatic heterocycles. The fraction of sp³-hybridized carbons (Fsp3) is 0. The van der Waals surface area contributed by atoms with Crippen LogP contribution in [0.1, 0.15) is 0 Å². The predicted molar refractivity (Wildman–Crippen MR) is 245 cm³/mol. The molecule has 0 aliphatic carbocycles. The predicted octanol–water partition coefficient (Wildman–Crippen LogP) is 16.0. The van der Waals surface area contributed by atoms with E-state index in [4.69, 9.17) is 4.42 Å². The molecule has 0 unspecified atom stereocenters. The zero-order valence-corrected chi connectivity index (χ0v) is 31.7. The maximum Gasteiger partial charge on any atom is 0.143 e. The Labute approximate surface area is 337 Å². The molecule has 0 fully saturated rings. The smallest absolute Gasteiger partial charge is 0.143 e. The van der Waals surface area contributed by atoms with Crippen LogP contribution >= 0.6 is 0 Å². The Balaban J connectivity index is 1.13. The van der Waals surface area contributed by atoms with Crippen molar-refractivity contribution in [3.63, 3.8) is 0 Å². The van der Waals surface area contributed by atoms with Gasteiger partial charge in [-0.3, -0.25) is 0 Å². The van der Waals surface area contributed by atoms with E-state index in [9.17, 15) is 0 Å². The minimum atomic E-state index is 0.884. The summed E-state index contributed by atoms with van der Waals surface area (Å²) in [4.78, 5) is 2.43. The second kappa shape index (κ2) is 14.1. The molecule has 0 saturated carbocycles. The largest absolute Gasteiger partial charge is 0.455 e. The zero-order valence-electron chi connectivity index (χ0n) is 31.7. The van der Waals surface area contributed by atoms with Gasteiger partial charge in [-0.1, -0.05) is 188 Å². The summed E-state index contributed by atoms with van der Waals surface area (Å²) in [6, 6.07) is 80.7. The van der Waals surface area contributed by atoms with Crippen LogP contribution < -0.4 is 4.90 Å². The van der Waals surface area contributed by atoms with E-state index >= 15 is 0 Å². The molecule has 0 spiro atoms. The highest BCUT2D eigenvalue weighted by atomic mass is 16.3. The van der Waals surface area contributed by atoms with E-state index in [-0.39, 0.29) is 0 Å². The van der Waals surface area contributed by atoms with Gasteiger partial charge in [0.1, 0.15) is 11.2 Å². The monoisotopic (exact) mass is 739 g/mol. The van der Waals surface area contributed by atoms with Crippen molar-refractivity contribution in [1.29, 1.82) is 0 Å². The van der Waals surface area contributed by atoms with Crippen LogP contribution in [-0.4, -0.2) is 0 Å². The maximum atomic E-state index is 6.83. The average molecular weight is 740 g/mol. The standard InChI is InChI=1S/C56H37NO/c1-2-15-38(16-3-1)39-31-33-41(34-32-39)48-24-8-10-29-53(48)57(45-22-12-21-44(35-45)47-26-13-20-40-17-6-7-23-46(40)47)54-30-11-9-25-49(54)50-27-14-28-51-52-36-42-18-4-5-19-43(42)37-55(52)58-56(50)51/h1-37H. The second-order valence-electron chi connectivity index (χ2n) is 14.9. The number of nitrogens with zero attached hydrogens (tertiary/aromatic N) is 1. The second-order valence-corrected chi connectivity index (χ2v) is 14.9. The van der Waals surface area contributed by atoms with Crippen LogP contribution in [0.25, 0.3) is 88.0 Å². The molecule has 0 saturated heterocycles. The molecule has 2 heteroatoms. The number of hydrogen-bond acceptors (Lipinski definition) is 2. The van der Waals surface area contributed by atoms with Gasteiger partial charge in [-0.2, -0.15) is 0 Å². The average Bonchev–Trinajstić information content (AvgIpc) is 3.66. The molecule has 0 amide bonds. The lowest BCUT2D eigenvalue weighted by Gasteiger charge is -2.30. The molecule has 0 aliphatic rings. The summed E-state index contributed by atoms with van der Waals surface area (Å²) in [6.07, 6.45) is 0. The van der Waals surface area contributed by atoms with Crippen molar-refractivity contribution < 1.29 is 4.42 Å². The molecule has 2 nitrogen and oxygen atoms in total. The van der Waals surface area contributed by atoms with E-state index in [0.717, 1.165) is 66.8 Å². The Morgan fingerprint density at radius 1 is 0.293 bits per heavy atom. The topological polar surface area (TPSA) is 16.4 Å². The molecule has 1 heterocycles. The molecule has 0 bridgehead atoms. The van der Waals surface area contributed by atoms with Crippen LogP contribution in [-0.2, 0) is 0 Å². The fourth-order valence-electron chi connectivity index (χ4n) is 8.68. The van der Waals surface area contributed by atoms with Gasteiger partial charge in [0.25, 0.3) is 0 Å². The molecule has 272 valence electrons. The van der Waals surface area contributed by atoms with Crippen molar-refractivity contribution in [3.05, 3.63) is 224 Å². The number of fused-ring (bicyclic) bond motifs is 5. The first-order valence-electron chi connectivity index (χ1n) is 19.8. The molecule has 0 N–H and O–H groups in total. The first-order chi connectivity index (χ1) is 28.8. The number of para-hydroxylation sites is 3. The van der Waals surface area contributed by atoms with Gasteiger partial charge >= 0.3 is 0 Å². The van der Waals surface area contributed by atoms with Gasteiger partial charge in [0.15, 0.2) is 0 Å². The summed E-state index contributed by atoms with van der Waals surface area (Å²) in [5.74, 6) is 0. The molecular formula is C56H37NO. The molecular weight excluding hydrogens is 703 g/mol. The van der Waals surface area contributed by atoms with E-state index < -0.39 is 0 Å². The quantitative estimate of drug-likeness (QED) is 0.162. The van der Waals surface area contributed by atoms with Crippen LogP contribution in [0.4, 0.5) is 17.1 Å². The maximum absolute atomic E-state index is 6.83. The van der Waals surface area contributed by atoms with Crippen molar-refractivity contribution in [2.45, 2.75) is 0 Å². The van der Waals surface area contributed by atoms with Crippen LogP contribution in [0, 0.1) is 0 Å². The summed E-state index contributed by atoms with van der Waals surface area (Å²) >= 11 is 0. The van der Waals surface area contributed by atoms with Gasteiger partial charge in [0.2, 0.25) is 0 Å². The highest BCUT2D eigenvalue weighted by molar-refractivity contribution is 6.14. The first-order valence-corrected chi connectivity index (χ1v) is 19.8. The summed E-state index contributed by atoms with van der Waals surface area (Å²) in [5, 5.41) is 7.06. The lowest BCUT2D eigenvalue weighted by Crippen LogP contribution is -2.12. The Kier molecular flexibility index (Phi) is 8.19. The Bertz CT molecular complexity index is 3280. The summed E-state index contributed by atoms with van der Waals surface area (Å²) in [7, 11) is 0. The zero-order chi connectivity index (χ0) is 38.4. The normalized spacial score (nSPS) is 11.4. The van der Waals surface area contributed by atoms with E-state index in [0.29, 0.717) is 0 Å². The minimum Gasteiger partial charge on any atom is -0.455 e. The minimum absolute atomic E-state index is 0.884. The number of furan rings is 1. The molecule has 0 atom stereocenters. The van der Waals surface area contributed by atoms with E-state index in [1.54, 1.807) is 0 Å². The highest BCUT2D eigenvalue weighted by Crippen LogP contribution is 2.48. The molecule has 58 heavy (non-hydrogen) atoms. The summed E-state index contributed by atoms with van der Waals surface area (Å²) in [5.41, 5.74) is 14.2. The number of anilines is 3. The third kappa shape index (κ3) is 5.82. The van der Waals surface area contributed by atoms with Gasteiger partial charge < -0.3 is 9.32 Å². The fourth-order valence-corrected chi connectivity index (χ4v) is 8.68. The SMILES string of the molecule is c1ccc(-c2ccc(-c3ccccc3N(c3cccc(-c4cccc5ccccc45)c3)c3ccccc3-c3cccc4c3oc3cc5ccccc5cc34)cc2)cc1. The van der Waals surface area contributed by atoms with Gasteiger partial charge in [0.05, 0.1) is 11.4 Å². The lowest BCUT2D eigenvalue weighted by molar-refractivity contribution is 0.670. The molecule has 10 aromatic carbocycles. The van der Waals surface area contributed by atoms with Crippen LogP contribution in [0.2, 0.25) is 0 Å².